The Balaban J connectivity index is 0.00000120. The van der Waals surface area contributed by atoms with E-state index < -0.39 is 0 Å². The molecule has 0 nitrogen and oxygen atoms in total. The van der Waals surface area contributed by atoms with Crippen LogP contribution in [-0.4, -0.2) is 0 Å². The van der Waals surface area contributed by atoms with Gasteiger partial charge in [-0.2, -0.15) is 23.8 Å². The molecule has 0 N–H and O–H groups in total. The molecule has 1 aliphatic carbocycles. The summed E-state index contributed by atoms with van der Waals surface area (Å²) in [6.45, 7) is 0. The molecule has 0 radical (unpaired) electrons. The molecule has 0 bridgehead atoms. The van der Waals surface area contributed by atoms with Gasteiger partial charge in [0, 0.05) is 21.1 Å². The third kappa shape index (κ3) is 2.54. The Morgan fingerprint density at radius 2 is 1.39 bits per heavy atom. The number of benzene rings is 2. The predicted octanol–water partition coefficient (Wildman–Crippen LogP) is 4.22. The van der Waals surface area contributed by atoms with Gasteiger partial charge < -0.3 is 0 Å². The van der Waals surface area contributed by atoms with Crippen LogP contribution in [0.25, 0.3) is 5.57 Å². The minimum absolute atomic E-state index is 0. The van der Waals surface area contributed by atoms with E-state index in [1.54, 1.807) is 0 Å². The van der Waals surface area contributed by atoms with Gasteiger partial charge in [0.1, 0.15) is 0 Å². The van der Waals surface area contributed by atoms with E-state index in [4.69, 9.17) is 0 Å². The Hall–Kier alpha value is -1.39. The van der Waals surface area contributed by atoms with Crippen molar-refractivity contribution in [3.8, 4) is 0 Å². The van der Waals surface area contributed by atoms with E-state index >= 15 is 0 Å². The van der Waals surface area contributed by atoms with E-state index in [0.717, 1.165) is 0 Å². The van der Waals surface area contributed by atoms with Crippen LogP contribution in [0.15, 0.2) is 72.8 Å². The first-order chi connectivity index (χ1) is 8.45. The number of rotatable bonds is 2. The van der Waals surface area contributed by atoms with Gasteiger partial charge in [0.25, 0.3) is 0 Å². The molecule has 1 atom stereocenters. The molecule has 1 unspecified atom stereocenters. The van der Waals surface area contributed by atoms with Crippen molar-refractivity contribution in [2.45, 2.75) is 5.92 Å². The minimum atomic E-state index is 0. The number of hydrogen-bond acceptors (Lipinski definition) is 0. The summed E-state index contributed by atoms with van der Waals surface area (Å²) in [5.41, 5.74) is 3.84. The molecule has 0 saturated heterocycles. The van der Waals surface area contributed by atoms with E-state index in [2.05, 4.69) is 66.7 Å². The van der Waals surface area contributed by atoms with Crippen molar-refractivity contribution in [2.24, 2.45) is 0 Å². The second kappa shape index (κ2) is 5.98. The Morgan fingerprint density at radius 1 is 0.778 bits per heavy atom. The standard InChI is InChI=1S/C17H13.Pt/c1-3-8-14(9-4-1)16-12-7-13-17(16)15-10-5-2-6-11-15;/h1-12,16H;/q-1;. The van der Waals surface area contributed by atoms with Crippen LogP contribution in [0.2, 0.25) is 0 Å². The topological polar surface area (TPSA) is 0 Å². The van der Waals surface area contributed by atoms with Crippen molar-refractivity contribution in [3.63, 3.8) is 0 Å². The zero-order valence-electron chi connectivity index (χ0n) is 9.82. The molecule has 0 amide bonds. The molecule has 0 spiro atoms. The summed E-state index contributed by atoms with van der Waals surface area (Å²) < 4.78 is 0. The summed E-state index contributed by atoms with van der Waals surface area (Å²) >= 11 is 0. The van der Waals surface area contributed by atoms with Crippen molar-refractivity contribution in [1.29, 1.82) is 0 Å². The van der Waals surface area contributed by atoms with Crippen LogP contribution in [0.1, 0.15) is 17.0 Å². The third-order valence-electron chi connectivity index (χ3n) is 3.08. The monoisotopic (exact) mass is 412 g/mol. The van der Waals surface area contributed by atoms with E-state index in [1.807, 2.05) is 12.1 Å². The van der Waals surface area contributed by atoms with Gasteiger partial charge in [0.05, 0.1) is 0 Å². The molecule has 3 rings (SSSR count). The SMILES string of the molecule is [C-]1=C(c2ccccc2)C(c2ccccc2)C=C1.[Pt]. The average molecular weight is 412 g/mol. The summed E-state index contributed by atoms with van der Waals surface area (Å²) in [6, 6.07) is 21.1. The van der Waals surface area contributed by atoms with Crippen molar-refractivity contribution >= 4 is 5.57 Å². The van der Waals surface area contributed by atoms with Crippen molar-refractivity contribution in [2.75, 3.05) is 0 Å². The molecule has 0 aliphatic heterocycles. The molecule has 0 heterocycles. The van der Waals surface area contributed by atoms with Gasteiger partial charge >= 0.3 is 0 Å². The predicted molar refractivity (Wildman–Crippen MR) is 71.4 cm³/mol. The fourth-order valence-corrected chi connectivity index (χ4v) is 2.24. The molecule has 92 valence electrons. The second-order valence-electron chi connectivity index (χ2n) is 4.17. The van der Waals surface area contributed by atoms with Gasteiger partial charge in [-0.3, -0.25) is 0 Å². The smallest absolute Gasteiger partial charge is 0 e. The van der Waals surface area contributed by atoms with Crippen LogP contribution in [0.3, 0.4) is 0 Å². The molecule has 0 fully saturated rings. The molecule has 2 aromatic rings. The van der Waals surface area contributed by atoms with Crippen molar-refractivity contribution in [3.05, 3.63) is 90.0 Å². The zero-order chi connectivity index (χ0) is 11.5. The minimum Gasteiger partial charge on any atom is -0.180 e. The van der Waals surface area contributed by atoms with Crippen molar-refractivity contribution < 1.29 is 21.1 Å². The van der Waals surface area contributed by atoms with E-state index in [-0.39, 0.29) is 21.1 Å². The van der Waals surface area contributed by atoms with Gasteiger partial charge in [-0.1, -0.05) is 54.1 Å². The summed E-state index contributed by atoms with van der Waals surface area (Å²) in [6.07, 6.45) is 7.59. The average Bonchev–Trinajstić information content (AvgIpc) is 2.90. The first-order valence-electron chi connectivity index (χ1n) is 5.85. The fourth-order valence-electron chi connectivity index (χ4n) is 2.24. The maximum absolute atomic E-state index is 3.36. The Labute approximate surface area is 122 Å². The summed E-state index contributed by atoms with van der Waals surface area (Å²) in [5.74, 6) is 0.346. The summed E-state index contributed by atoms with van der Waals surface area (Å²) in [5, 5.41) is 0. The fraction of sp³-hybridized carbons (Fsp3) is 0.0588. The second-order valence-corrected chi connectivity index (χ2v) is 4.17. The van der Waals surface area contributed by atoms with Gasteiger partial charge in [-0.25, -0.2) is 0 Å². The van der Waals surface area contributed by atoms with Gasteiger partial charge in [0.15, 0.2) is 0 Å². The van der Waals surface area contributed by atoms with Crippen molar-refractivity contribution in [1.82, 2.24) is 0 Å². The van der Waals surface area contributed by atoms with Crippen LogP contribution in [-0.2, 0) is 21.1 Å². The Kier molecular flexibility index (Phi) is 4.33. The molecule has 1 aliphatic rings. The zero-order valence-corrected chi connectivity index (χ0v) is 12.1. The molecule has 0 saturated carbocycles. The molecule has 0 aromatic heterocycles. The maximum Gasteiger partial charge on any atom is 0 e. The van der Waals surface area contributed by atoms with E-state index in [0.29, 0.717) is 5.92 Å². The third-order valence-corrected chi connectivity index (χ3v) is 3.08. The molecule has 18 heavy (non-hydrogen) atoms. The van der Waals surface area contributed by atoms with Crippen LogP contribution in [0, 0.1) is 6.08 Å². The Morgan fingerprint density at radius 3 is 2.06 bits per heavy atom. The number of hydrogen-bond donors (Lipinski definition) is 0. The quantitative estimate of drug-likeness (QED) is 0.648. The molecule has 1 heteroatoms. The maximum atomic E-state index is 3.36. The van der Waals surface area contributed by atoms with E-state index in [1.165, 1.54) is 16.7 Å². The van der Waals surface area contributed by atoms with Crippen LogP contribution < -0.4 is 0 Å². The first-order valence-corrected chi connectivity index (χ1v) is 5.85. The summed E-state index contributed by atoms with van der Waals surface area (Å²) in [4.78, 5) is 0. The van der Waals surface area contributed by atoms with Crippen LogP contribution in [0.5, 0.6) is 0 Å². The van der Waals surface area contributed by atoms with Gasteiger partial charge in [-0.15, -0.1) is 17.7 Å². The normalized spacial score (nSPS) is 17.1. The first kappa shape index (κ1) is 13.0. The molecular weight excluding hydrogens is 399 g/mol. The summed E-state index contributed by atoms with van der Waals surface area (Å²) in [7, 11) is 0. The Bertz CT molecular complexity index is 553. The molecular formula is C17H13Pt-. The van der Waals surface area contributed by atoms with Crippen LogP contribution >= 0.6 is 0 Å². The largest absolute Gasteiger partial charge is 0.180 e. The molecule has 2 aromatic carbocycles. The van der Waals surface area contributed by atoms with Gasteiger partial charge in [0.2, 0.25) is 0 Å². The van der Waals surface area contributed by atoms with Crippen LogP contribution in [0.4, 0.5) is 0 Å². The van der Waals surface area contributed by atoms with Gasteiger partial charge in [-0.05, 0) is 5.92 Å². The van der Waals surface area contributed by atoms with E-state index in [9.17, 15) is 0 Å². The number of allylic oxidation sites excluding steroid dienone is 4.